The lowest BCUT2D eigenvalue weighted by Gasteiger charge is -2.00. The van der Waals surface area contributed by atoms with E-state index in [4.69, 9.17) is 5.11 Å². The molecule has 152 valence electrons. The summed E-state index contributed by atoms with van der Waals surface area (Å²) in [5, 5.41) is 25.7. The van der Waals surface area contributed by atoms with E-state index in [0.29, 0.717) is 16.9 Å². The molecule has 0 bridgehead atoms. The van der Waals surface area contributed by atoms with E-state index in [9.17, 15) is 4.79 Å². The lowest BCUT2D eigenvalue weighted by atomic mass is 10.1. The van der Waals surface area contributed by atoms with Crippen molar-refractivity contribution in [3.8, 4) is 0 Å². The summed E-state index contributed by atoms with van der Waals surface area (Å²) in [4.78, 5) is 11.4. The molecule has 0 aromatic heterocycles. The number of carbonyl (C=O) groups is 1. The van der Waals surface area contributed by atoms with Gasteiger partial charge in [0.2, 0.25) is 0 Å². The molecule has 0 radical (unpaired) electrons. The van der Waals surface area contributed by atoms with Crippen molar-refractivity contribution < 1.29 is 9.90 Å². The Morgan fingerprint density at radius 2 is 1.10 bits per heavy atom. The van der Waals surface area contributed by atoms with Crippen LogP contribution < -0.4 is 0 Å². The number of aliphatic hydroxyl groups excluding tert-OH is 1. The minimum atomic E-state index is -0.505. The number of azo groups is 2. The van der Waals surface area contributed by atoms with Crippen molar-refractivity contribution in [1.29, 1.82) is 0 Å². The van der Waals surface area contributed by atoms with Crippen molar-refractivity contribution in [2.24, 2.45) is 20.5 Å². The van der Waals surface area contributed by atoms with E-state index in [1.54, 1.807) is 24.3 Å². The van der Waals surface area contributed by atoms with Crippen molar-refractivity contribution in [2.45, 2.75) is 26.2 Å². The lowest BCUT2D eigenvalue weighted by Crippen LogP contribution is -2.03. The zero-order valence-electron chi connectivity index (χ0n) is 16.9. The number of Topliss-reactive ketones (excluding diaryl/α,β-unsaturated/α-hetero) is 1. The maximum Gasteiger partial charge on any atom is 0.188 e. The van der Waals surface area contributed by atoms with Gasteiger partial charge in [-0.1, -0.05) is 25.5 Å². The van der Waals surface area contributed by atoms with Crippen LogP contribution in [0.15, 0.2) is 93.3 Å². The zero-order chi connectivity index (χ0) is 21.2. The number of nitrogens with zero attached hydrogens (tertiary/aromatic N) is 4. The third-order valence-electron chi connectivity index (χ3n) is 4.50. The molecule has 6 nitrogen and oxygen atoms in total. The predicted molar refractivity (Wildman–Crippen MR) is 118 cm³/mol. The summed E-state index contributed by atoms with van der Waals surface area (Å²) in [5.41, 5.74) is 4.63. The number of benzene rings is 3. The Labute approximate surface area is 176 Å². The first-order valence-corrected chi connectivity index (χ1v) is 9.94. The zero-order valence-corrected chi connectivity index (χ0v) is 16.9. The van der Waals surface area contributed by atoms with Gasteiger partial charge in [-0.25, -0.2) is 0 Å². The molecule has 0 atom stereocenters. The normalized spacial score (nSPS) is 11.4. The second kappa shape index (κ2) is 10.9. The summed E-state index contributed by atoms with van der Waals surface area (Å²) in [6.45, 7) is 1.68. The molecule has 0 saturated heterocycles. The van der Waals surface area contributed by atoms with Crippen LogP contribution in [0, 0.1) is 0 Å². The third kappa shape index (κ3) is 6.25. The molecule has 3 aromatic carbocycles. The van der Waals surface area contributed by atoms with Crippen LogP contribution in [0.2, 0.25) is 0 Å². The molecule has 0 saturated carbocycles. The van der Waals surface area contributed by atoms with Gasteiger partial charge in [0.15, 0.2) is 5.78 Å². The van der Waals surface area contributed by atoms with Gasteiger partial charge < -0.3 is 5.11 Å². The van der Waals surface area contributed by atoms with Crippen molar-refractivity contribution in [1.82, 2.24) is 0 Å². The summed E-state index contributed by atoms with van der Waals surface area (Å²) in [5.74, 6) is -0.323. The van der Waals surface area contributed by atoms with Gasteiger partial charge in [0.05, 0.1) is 22.7 Å². The number of unbranched alkanes of at least 4 members (excludes halogenated alkanes) is 1. The van der Waals surface area contributed by atoms with E-state index >= 15 is 0 Å². The van der Waals surface area contributed by atoms with Crippen LogP contribution in [0.3, 0.4) is 0 Å². The predicted octanol–water partition coefficient (Wildman–Crippen LogP) is 7.04. The van der Waals surface area contributed by atoms with Gasteiger partial charge in [0, 0.05) is 5.56 Å². The lowest BCUT2D eigenvalue weighted by molar-refractivity contribution is 0.0904. The Hall–Kier alpha value is -3.51. The van der Waals surface area contributed by atoms with Gasteiger partial charge in [0.1, 0.15) is 6.61 Å². The van der Waals surface area contributed by atoms with Crippen LogP contribution in [0.25, 0.3) is 0 Å². The molecule has 0 spiro atoms. The smallest absolute Gasteiger partial charge is 0.188 e. The van der Waals surface area contributed by atoms with E-state index in [1.165, 1.54) is 18.4 Å². The number of hydrogen-bond acceptors (Lipinski definition) is 6. The first-order valence-electron chi connectivity index (χ1n) is 9.94. The molecule has 3 rings (SSSR count). The second-order valence-corrected chi connectivity index (χ2v) is 6.81. The average Bonchev–Trinajstić information content (AvgIpc) is 2.81. The van der Waals surface area contributed by atoms with Crippen LogP contribution in [0.5, 0.6) is 0 Å². The van der Waals surface area contributed by atoms with Crippen molar-refractivity contribution in [3.05, 3.63) is 83.9 Å². The van der Waals surface area contributed by atoms with Gasteiger partial charge in [-0.2, -0.15) is 20.5 Å². The van der Waals surface area contributed by atoms with Gasteiger partial charge in [-0.15, -0.1) is 0 Å². The van der Waals surface area contributed by atoms with E-state index in [-0.39, 0.29) is 5.78 Å². The number of hydrogen-bond donors (Lipinski definition) is 1. The molecule has 0 unspecified atom stereocenters. The fraction of sp³-hybridized carbons (Fsp3) is 0.208. The molecular formula is C24H24N4O2. The van der Waals surface area contributed by atoms with E-state index in [1.807, 2.05) is 36.4 Å². The molecule has 0 fully saturated rings. The largest absolute Gasteiger partial charge is 0.388 e. The summed E-state index contributed by atoms with van der Waals surface area (Å²) in [7, 11) is 0. The Morgan fingerprint density at radius 1 is 0.700 bits per heavy atom. The van der Waals surface area contributed by atoms with Crippen LogP contribution >= 0.6 is 0 Å². The van der Waals surface area contributed by atoms with E-state index in [0.717, 1.165) is 17.8 Å². The maximum absolute atomic E-state index is 11.4. The highest BCUT2D eigenvalue weighted by Gasteiger charge is 2.03. The number of aliphatic hydroxyl groups is 1. The number of aryl methyl sites for hydroxylation is 1. The fourth-order valence-electron chi connectivity index (χ4n) is 2.73. The molecule has 30 heavy (non-hydrogen) atoms. The summed E-state index contributed by atoms with van der Waals surface area (Å²) >= 11 is 0. The van der Waals surface area contributed by atoms with Crippen molar-refractivity contribution >= 4 is 28.5 Å². The first-order chi connectivity index (χ1) is 14.7. The second-order valence-electron chi connectivity index (χ2n) is 6.81. The molecule has 0 aliphatic heterocycles. The molecule has 0 amide bonds. The van der Waals surface area contributed by atoms with E-state index in [2.05, 4.69) is 39.5 Å². The van der Waals surface area contributed by atoms with Crippen molar-refractivity contribution in [2.75, 3.05) is 6.61 Å². The maximum atomic E-state index is 11.4. The Kier molecular flexibility index (Phi) is 7.69. The third-order valence-corrected chi connectivity index (χ3v) is 4.50. The SMILES string of the molecule is CCCCc1ccc(N=Nc2ccc(N=Nc3ccc(C(=O)CO)cc3)cc2)cc1. The Bertz CT molecular complexity index is 1010. The molecule has 0 heterocycles. The first kappa shape index (κ1) is 21.2. The molecule has 3 aromatic rings. The quantitative estimate of drug-likeness (QED) is 0.308. The van der Waals surface area contributed by atoms with Crippen LogP contribution in [0.4, 0.5) is 22.7 Å². The highest BCUT2D eigenvalue weighted by Crippen LogP contribution is 2.24. The molecule has 1 N–H and O–H groups in total. The van der Waals surface area contributed by atoms with Gasteiger partial charge in [-0.05, 0) is 79.1 Å². The van der Waals surface area contributed by atoms with Crippen LogP contribution in [-0.2, 0) is 6.42 Å². The van der Waals surface area contributed by atoms with Gasteiger partial charge >= 0.3 is 0 Å². The van der Waals surface area contributed by atoms with Crippen LogP contribution in [-0.4, -0.2) is 17.5 Å². The van der Waals surface area contributed by atoms with Crippen molar-refractivity contribution in [3.63, 3.8) is 0 Å². The Balaban J connectivity index is 1.58. The molecule has 0 aliphatic rings. The standard InChI is InChI=1S/C24H24N4O2/c1-2-3-4-18-5-9-20(10-6-18)25-27-22-13-15-23(16-14-22)28-26-21-11-7-19(8-12-21)24(30)17-29/h5-16,29H,2-4,17H2,1H3. The molecule has 6 heteroatoms. The summed E-state index contributed by atoms with van der Waals surface area (Å²) < 4.78 is 0. The summed E-state index contributed by atoms with van der Waals surface area (Å²) in [6, 6.07) is 22.1. The fourth-order valence-corrected chi connectivity index (χ4v) is 2.73. The molecular weight excluding hydrogens is 376 g/mol. The average molecular weight is 400 g/mol. The summed E-state index contributed by atoms with van der Waals surface area (Å²) in [6.07, 6.45) is 3.48. The topological polar surface area (TPSA) is 86.7 Å². The molecule has 0 aliphatic carbocycles. The Morgan fingerprint density at radius 3 is 1.50 bits per heavy atom. The number of rotatable bonds is 9. The van der Waals surface area contributed by atoms with Gasteiger partial charge in [0.25, 0.3) is 0 Å². The van der Waals surface area contributed by atoms with Gasteiger partial charge in [-0.3, -0.25) is 4.79 Å². The van der Waals surface area contributed by atoms with Crippen LogP contribution in [0.1, 0.15) is 35.7 Å². The highest BCUT2D eigenvalue weighted by molar-refractivity contribution is 5.97. The number of carbonyl (C=O) groups excluding carboxylic acids is 1. The number of ketones is 1. The highest BCUT2D eigenvalue weighted by atomic mass is 16.3. The minimum absolute atomic E-state index is 0.323. The minimum Gasteiger partial charge on any atom is -0.388 e. The van der Waals surface area contributed by atoms with E-state index < -0.39 is 6.61 Å². The monoisotopic (exact) mass is 400 g/mol.